The van der Waals surface area contributed by atoms with E-state index in [1.807, 2.05) is 31.3 Å². The van der Waals surface area contributed by atoms with E-state index in [0.717, 1.165) is 29.5 Å². The van der Waals surface area contributed by atoms with E-state index in [9.17, 15) is 4.79 Å². The molecule has 8 heteroatoms. The van der Waals surface area contributed by atoms with Crippen LogP contribution >= 0.6 is 0 Å². The molecule has 0 aliphatic heterocycles. The van der Waals surface area contributed by atoms with Crippen molar-refractivity contribution in [1.82, 2.24) is 14.6 Å². The highest BCUT2D eigenvalue weighted by molar-refractivity contribution is 6.02. The van der Waals surface area contributed by atoms with Gasteiger partial charge in [0.1, 0.15) is 0 Å². The van der Waals surface area contributed by atoms with E-state index >= 15 is 0 Å². The Hall–Kier alpha value is -3.13. The van der Waals surface area contributed by atoms with Gasteiger partial charge in [-0.05, 0) is 38.8 Å². The highest BCUT2D eigenvalue weighted by atomic mass is 16.5. The van der Waals surface area contributed by atoms with Gasteiger partial charge in [0.05, 0.1) is 29.6 Å². The Morgan fingerprint density at radius 1 is 1.29 bits per heavy atom. The molecule has 8 nitrogen and oxygen atoms in total. The number of pyridine rings is 1. The van der Waals surface area contributed by atoms with E-state index in [1.165, 1.54) is 6.20 Å². The van der Waals surface area contributed by atoms with Crippen LogP contribution in [0.4, 0.5) is 5.69 Å². The molecule has 164 valence electrons. The van der Waals surface area contributed by atoms with Gasteiger partial charge in [-0.1, -0.05) is 13.8 Å². The second kappa shape index (κ2) is 7.53. The zero-order valence-electron chi connectivity index (χ0n) is 18.5. The average Bonchev–Trinajstić information content (AvgIpc) is 3.23. The lowest BCUT2D eigenvalue weighted by Crippen LogP contribution is -2.51. The average molecular weight is 423 g/mol. The van der Waals surface area contributed by atoms with E-state index < -0.39 is 5.91 Å². The smallest absolute Gasteiger partial charge is 0.252 e. The third kappa shape index (κ3) is 3.61. The summed E-state index contributed by atoms with van der Waals surface area (Å²) in [4.78, 5) is 16.5. The van der Waals surface area contributed by atoms with Gasteiger partial charge in [-0.2, -0.15) is 5.10 Å². The van der Waals surface area contributed by atoms with Crippen molar-refractivity contribution in [2.45, 2.75) is 52.1 Å². The number of primary amides is 1. The number of ether oxygens (including phenoxy) is 1. The number of anilines is 1. The summed E-state index contributed by atoms with van der Waals surface area (Å²) in [5.74, 6) is 0.0640. The number of hydrogen-bond donors (Lipinski definition) is 3. The SMILES string of the molecule is CCOc1ccc(-c2cc3c(N[C@@H]4CC[C@](C)(N)C4(C)C)c(C(N)=O)cnn3c2)cn1. The predicted octanol–water partition coefficient (Wildman–Crippen LogP) is 3.21. The maximum atomic E-state index is 12.2. The van der Waals surface area contributed by atoms with E-state index in [1.54, 1.807) is 10.7 Å². The lowest BCUT2D eigenvalue weighted by Gasteiger charge is -2.39. The molecular weight excluding hydrogens is 392 g/mol. The maximum absolute atomic E-state index is 12.2. The van der Waals surface area contributed by atoms with Crippen LogP contribution in [-0.2, 0) is 0 Å². The molecule has 31 heavy (non-hydrogen) atoms. The standard InChI is InChI=1S/C23H30N6O2/c1-5-31-19-7-6-14(11-26-19)15-10-17-20(16(21(24)30)12-27-29(17)13-15)28-18-8-9-23(4,25)22(18,2)3/h6-7,10-13,18,28H,5,8-9,25H2,1-4H3,(H2,24,30)/t18-,23+/m1/s1. The summed E-state index contributed by atoms with van der Waals surface area (Å²) < 4.78 is 7.18. The van der Waals surface area contributed by atoms with Crippen LogP contribution in [0.15, 0.2) is 36.8 Å². The lowest BCUT2D eigenvalue weighted by molar-refractivity contribution is 0.100. The summed E-state index contributed by atoms with van der Waals surface area (Å²) in [6.45, 7) is 8.90. The minimum Gasteiger partial charge on any atom is -0.478 e. The van der Waals surface area contributed by atoms with E-state index in [0.29, 0.717) is 23.7 Å². The number of fused-ring (bicyclic) bond motifs is 1. The first-order valence-corrected chi connectivity index (χ1v) is 10.6. The van der Waals surface area contributed by atoms with Crippen LogP contribution in [0.3, 0.4) is 0 Å². The van der Waals surface area contributed by atoms with Gasteiger partial charge in [0, 0.05) is 46.6 Å². The number of hydrogen-bond acceptors (Lipinski definition) is 6. The van der Waals surface area contributed by atoms with Crippen molar-refractivity contribution >= 4 is 17.1 Å². The van der Waals surface area contributed by atoms with Crippen molar-refractivity contribution in [3.8, 4) is 17.0 Å². The van der Waals surface area contributed by atoms with E-state index in [2.05, 4.69) is 36.2 Å². The third-order valence-electron chi connectivity index (χ3n) is 6.88. The Morgan fingerprint density at radius 3 is 2.65 bits per heavy atom. The molecule has 0 bridgehead atoms. The number of nitrogens with one attached hydrogen (secondary N) is 1. The summed E-state index contributed by atoms with van der Waals surface area (Å²) in [6, 6.07) is 5.88. The molecule has 3 aromatic rings. The maximum Gasteiger partial charge on any atom is 0.252 e. The number of carbonyl (C=O) groups excluding carboxylic acids is 1. The molecule has 4 rings (SSSR count). The van der Waals surface area contributed by atoms with Gasteiger partial charge >= 0.3 is 0 Å². The number of rotatable bonds is 6. The zero-order valence-corrected chi connectivity index (χ0v) is 18.5. The summed E-state index contributed by atoms with van der Waals surface area (Å²) >= 11 is 0. The Labute approximate surface area is 182 Å². The molecule has 1 aliphatic carbocycles. The van der Waals surface area contributed by atoms with Gasteiger partial charge in [-0.25, -0.2) is 9.50 Å². The van der Waals surface area contributed by atoms with E-state index in [4.69, 9.17) is 16.2 Å². The molecule has 1 aliphatic rings. The molecule has 2 atom stereocenters. The van der Waals surface area contributed by atoms with Gasteiger partial charge in [-0.15, -0.1) is 0 Å². The first-order valence-electron chi connectivity index (χ1n) is 10.6. The number of aromatic nitrogens is 3. The number of amides is 1. The molecule has 0 spiro atoms. The monoisotopic (exact) mass is 422 g/mol. The van der Waals surface area contributed by atoms with Crippen molar-refractivity contribution in [2.24, 2.45) is 16.9 Å². The third-order valence-corrected chi connectivity index (χ3v) is 6.88. The molecule has 1 amide bonds. The molecular formula is C23H30N6O2. The highest BCUT2D eigenvalue weighted by Crippen LogP contribution is 2.46. The summed E-state index contributed by atoms with van der Waals surface area (Å²) in [7, 11) is 0. The largest absolute Gasteiger partial charge is 0.478 e. The van der Waals surface area contributed by atoms with Gasteiger partial charge in [-0.3, -0.25) is 4.79 Å². The van der Waals surface area contributed by atoms with Crippen molar-refractivity contribution in [2.75, 3.05) is 11.9 Å². The minimum absolute atomic E-state index is 0.0947. The Kier molecular flexibility index (Phi) is 5.13. The Balaban J connectivity index is 1.76. The van der Waals surface area contributed by atoms with Crippen LogP contribution in [0.2, 0.25) is 0 Å². The summed E-state index contributed by atoms with van der Waals surface area (Å²) in [6.07, 6.45) is 7.00. The van der Waals surface area contributed by atoms with Crippen LogP contribution in [0, 0.1) is 5.41 Å². The molecule has 0 unspecified atom stereocenters. The van der Waals surface area contributed by atoms with Crippen LogP contribution < -0.4 is 21.5 Å². The van der Waals surface area contributed by atoms with Gasteiger partial charge in [0.2, 0.25) is 5.88 Å². The van der Waals surface area contributed by atoms with E-state index in [-0.39, 0.29) is 17.0 Å². The van der Waals surface area contributed by atoms with Crippen LogP contribution in [0.5, 0.6) is 5.88 Å². The lowest BCUT2D eigenvalue weighted by atomic mass is 9.75. The van der Waals surface area contributed by atoms with Crippen LogP contribution in [-0.4, -0.2) is 38.7 Å². The molecule has 1 saturated carbocycles. The highest BCUT2D eigenvalue weighted by Gasteiger charge is 2.49. The fraction of sp³-hybridized carbons (Fsp3) is 0.435. The van der Waals surface area contributed by atoms with Crippen LogP contribution in [0.25, 0.3) is 16.6 Å². The van der Waals surface area contributed by atoms with Crippen molar-refractivity contribution in [3.05, 3.63) is 42.4 Å². The predicted molar refractivity (Wildman–Crippen MR) is 121 cm³/mol. The Morgan fingerprint density at radius 2 is 2.06 bits per heavy atom. The molecule has 3 heterocycles. The number of nitrogens with two attached hydrogens (primary N) is 2. The minimum atomic E-state index is -0.519. The summed E-state index contributed by atoms with van der Waals surface area (Å²) in [5.41, 5.74) is 15.5. The van der Waals surface area contributed by atoms with Crippen molar-refractivity contribution < 1.29 is 9.53 Å². The molecule has 5 N–H and O–H groups in total. The second-order valence-electron chi connectivity index (χ2n) is 9.05. The quantitative estimate of drug-likeness (QED) is 0.561. The molecule has 0 saturated heterocycles. The zero-order chi connectivity index (χ0) is 22.4. The fourth-order valence-corrected chi connectivity index (χ4v) is 4.29. The molecule has 3 aromatic heterocycles. The number of nitrogens with zero attached hydrogens (tertiary/aromatic N) is 3. The summed E-state index contributed by atoms with van der Waals surface area (Å²) in [5, 5.41) is 7.99. The molecule has 1 fully saturated rings. The number of carbonyl (C=O) groups is 1. The first-order chi connectivity index (χ1) is 14.6. The van der Waals surface area contributed by atoms with Crippen LogP contribution in [0.1, 0.15) is 50.9 Å². The normalized spacial score (nSPS) is 22.5. The van der Waals surface area contributed by atoms with Gasteiger partial charge < -0.3 is 21.5 Å². The molecule has 0 aromatic carbocycles. The fourth-order valence-electron chi connectivity index (χ4n) is 4.29. The van der Waals surface area contributed by atoms with Crippen molar-refractivity contribution in [1.29, 1.82) is 0 Å². The topological polar surface area (TPSA) is 121 Å². The second-order valence-corrected chi connectivity index (χ2v) is 9.05. The Bertz CT molecular complexity index is 1120. The van der Waals surface area contributed by atoms with Gasteiger partial charge in [0.25, 0.3) is 5.91 Å². The van der Waals surface area contributed by atoms with Gasteiger partial charge in [0.15, 0.2) is 0 Å². The molecule has 0 radical (unpaired) electrons. The van der Waals surface area contributed by atoms with Crippen molar-refractivity contribution in [3.63, 3.8) is 0 Å². The first kappa shape index (κ1) is 21.1.